The summed E-state index contributed by atoms with van der Waals surface area (Å²) in [6.45, 7) is 0.589. The van der Waals surface area contributed by atoms with E-state index < -0.39 is 11.9 Å². The van der Waals surface area contributed by atoms with Crippen LogP contribution in [-0.2, 0) is 23.8 Å². The van der Waals surface area contributed by atoms with Crippen LogP contribution in [0.4, 0.5) is 30.5 Å². The first-order valence-electron chi connectivity index (χ1n) is 10.5. The van der Waals surface area contributed by atoms with Gasteiger partial charge in [0.05, 0.1) is 18.4 Å². The Bertz CT molecular complexity index is 1120. The molecule has 0 aliphatic heterocycles. The monoisotopic (exact) mass is 459 g/mol. The second-order valence-electron chi connectivity index (χ2n) is 7.76. The number of aliphatic hydroxyl groups is 1. The van der Waals surface area contributed by atoms with Crippen molar-refractivity contribution >= 4 is 17.3 Å². The standard InChI is InChI=1S/C23H24F3N5O2/c1-33-10-9-27-22-16(7-8-20(31-22)23(24,25)26)19-12-21(29-13-28-19)30-18-4-2-3-14-5-6-15(32)11-17(14)18/h2-4,7-8,12-13,15,32H,5-6,9-11H2,1H3,(H,27,31)(H,28,29,30). The maximum absolute atomic E-state index is 13.2. The molecule has 4 rings (SSSR count). The smallest absolute Gasteiger partial charge is 0.393 e. The quantitative estimate of drug-likeness (QED) is 0.456. The molecule has 33 heavy (non-hydrogen) atoms. The summed E-state index contributed by atoms with van der Waals surface area (Å²) >= 11 is 0. The van der Waals surface area contributed by atoms with Gasteiger partial charge in [-0.2, -0.15) is 13.2 Å². The topological polar surface area (TPSA) is 92.2 Å². The van der Waals surface area contributed by atoms with Crippen LogP contribution in [0.5, 0.6) is 0 Å². The Labute approximate surface area is 189 Å². The minimum absolute atomic E-state index is 0.0618. The highest BCUT2D eigenvalue weighted by Crippen LogP contribution is 2.34. The van der Waals surface area contributed by atoms with E-state index in [1.165, 1.54) is 25.1 Å². The van der Waals surface area contributed by atoms with Gasteiger partial charge >= 0.3 is 6.18 Å². The summed E-state index contributed by atoms with van der Waals surface area (Å²) in [5, 5.41) is 16.2. The number of ether oxygens (including phenoxy) is 1. The first kappa shape index (κ1) is 22.9. The van der Waals surface area contributed by atoms with Gasteiger partial charge in [0.15, 0.2) is 0 Å². The number of nitrogens with one attached hydrogen (secondary N) is 2. The largest absolute Gasteiger partial charge is 0.433 e. The predicted molar refractivity (Wildman–Crippen MR) is 118 cm³/mol. The third-order valence-electron chi connectivity index (χ3n) is 5.45. The minimum Gasteiger partial charge on any atom is -0.393 e. The summed E-state index contributed by atoms with van der Waals surface area (Å²) in [6.07, 6.45) is -1.53. The lowest BCUT2D eigenvalue weighted by molar-refractivity contribution is -0.141. The van der Waals surface area contributed by atoms with Gasteiger partial charge < -0.3 is 20.5 Å². The molecule has 0 amide bonds. The van der Waals surface area contributed by atoms with Gasteiger partial charge in [-0.15, -0.1) is 0 Å². The summed E-state index contributed by atoms with van der Waals surface area (Å²) in [5.74, 6) is 0.544. The van der Waals surface area contributed by atoms with Crippen LogP contribution < -0.4 is 10.6 Å². The molecule has 0 fully saturated rings. The van der Waals surface area contributed by atoms with Crippen molar-refractivity contribution in [2.24, 2.45) is 0 Å². The fourth-order valence-corrected chi connectivity index (χ4v) is 3.83. The van der Waals surface area contributed by atoms with E-state index in [-0.39, 0.29) is 18.5 Å². The third-order valence-corrected chi connectivity index (χ3v) is 5.45. The van der Waals surface area contributed by atoms with Crippen LogP contribution in [-0.4, -0.2) is 46.4 Å². The molecular weight excluding hydrogens is 435 g/mol. The summed E-state index contributed by atoms with van der Waals surface area (Å²) in [4.78, 5) is 12.3. The number of methoxy groups -OCH3 is 1. The predicted octanol–water partition coefficient (Wildman–Crippen LogP) is 4.21. The number of aryl methyl sites for hydroxylation is 1. The van der Waals surface area contributed by atoms with Crippen molar-refractivity contribution in [3.63, 3.8) is 0 Å². The minimum atomic E-state index is -4.56. The third kappa shape index (κ3) is 5.40. The van der Waals surface area contributed by atoms with Crippen LogP contribution in [0.1, 0.15) is 23.2 Å². The van der Waals surface area contributed by atoms with E-state index in [0.717, 1.165) is 30.2 Å². The van der Waals surface area contributed by atoms with Gasteiger partial charge in [-0.3, -0.25) is 0 Å². The second-order valence-corrected chi connectivity index (χ2v) is 7.76. The van der Waals surface area contributed by atoms with Crippen LogP contribution in [0.3, 0.4) is 0 Å². The molecule has 1 aliphatic rings. The Morgan fingerprint density at radius 1 is 1.18 bits per heavy atom. The number of halogens is 3. The van der Waals surface area contributed by atoms with Crippen LogP contribution in [0, 0.1) is 0 Å². The summed E-state index contributed by atoms with van der Waals surface area (Å²) in [5.41, 5.74) is 2.88. The first-order chi connectivity index (χ1) is 15.8. The Hall–Kier alpha value is -3.24. The van der Waals surface area contributed by atoms with Crippen molar-refractivity contribution in [1.29, 1.82) is 0 Å². The van der Waals surface area contributed by atoms with Crippen molar-refractivity contribution in [2.45, 2.75) is 31.5 Å². The molecule has 3 aromatic rings. The molecule has 0 radical (unpaired) electrons. The Morgan fingerprint density at radius 2 is 2.03 bits per heavy atom. The van der Waals surface area contributed by atoms with E-state index >= 15 is 0 Å². The molecule has 1 atom stereocenters. The summed E-state index contributed by atoms with van der Waals surface area (Å²) in [6, 6.07) is 9.83. The van der Waals surface area contributed by atoms with Crippen molar-refractivity contribution in [1.82, 2.24) is 15.0 Å². The van der Waals surface area contributed by atoms with Crippen molar-refractivity contribution in [3.05, 3.63) is 59.5 Å². The van der Waals surface area contributed by atoms with Gasteiger partial charge in [-0.05, 0) is 42.2 Å². The molecule has 3 N–H and O–H groups in total. The molecule has 0 spiro atoms. The number of aromatic nitrogens is 3. The van der Waals surface area contributed by atoms with Crippen molar-refractivity contribution in [3.8, 4) is 11.3 Å². The number of benzene rings is 1. The number of pyridine rings is 1. The van der Waals surface area contributed by atoms with Gasteiger partial charge in [0, 0.05) is 37.4 Å². The number of hydrogen-bond donors (Lipinski definition) is 3. The molecule has 2 heterocycles. The highest BCUT2D eigenvalue weighted by atomic mass is 19.4. The lowest BCUT2D eigenvalue weighted by Crippen LogP contribution is -2.19. The zero-order chi connectivity index (χ0) is 23.4. The SMILES string of the molecule is COCCNc1nc(C(F)(F)F)ccc1-c1cc(Nc2cccc3c2CC(O)CC3)ncn1. The molecule has 1 aromatic carbocycles. The number of fused-ring (bicyclic) bond motifs is 1. The molecule has 174 valence electrons. The molecular formula is C23H24F3N5O2. The Balaban J connectivity index is 1.65. The van der Waals surface area contributed by atoms with Crippen LogP contribution in [0.15, 0.2) is 42.7 Å². The van der Waals surface area contributed by atoms with Gasteiger partial charge in [-0.1, -0.05) is 12.1 Å². The molecule has 1 aliphatic carbocycles. The van der Waals surface area contributed by atoms with E-state index in [1.54, 1.807) is 6.07 Å². The van der Waals surface area contributed by atoms with Crippen LogP contribution in [0.25, 0.3) is 11.3 Å². The second kappa shape index (κ2) is 9.72. The number of alkyl halides is 3. The zero-order valence-electron chi connectivity index (χ0n) is 18.0. The average molecular weight is 459 g/mol. The molecule has 10 heteroatoms. The van der Waals surface area contributed by atoms with Crippen LogP contribution >= 0.6 is 0 Å². The molecule has 1 unspecified atom stereocenters. The van der Waals surface area contributed by atoms with E-state index in [4.69, 9.17) is 4.74 Å². The number of aliphatic hydroxyl groups excluding tert-OH is 1. The fraction of sp³-hybridized carbons (Fsp3) is 0.348. The summed E-state index contributed by atoms with van der Waals surface area (Å²) < 4.78 is 44.6. The Kier molecular flexibility index (Phi) is 6.75. The van der Waals surface area contributed by atoms with E-state index in [0.29, 0.717) is 30.1 Å². The normalized spacial score (nSPS) is 15.7. The fourth-order valence-electron chi connectivity index (χ4n) is 3.83. The lowest BCUT2D eigenvalue weighted by atomic mass is 9.88. The van der Waals surface area contributed by atoms with Gasteiger partial charge in [0.1, 0.15) is 23.7 Å². The average Bonchev–Trinajstić information content (AvgIpc) is 2.79. The number of anilines is 3. The van der Waals surface area contributed by atoms with Crippen molar-refractivity contribution in [2.75, 3.05) is 30.9 Å². The maximum atomic E-state index is 13.2. The first-order valence-corrected chi connectivity index (χ1v) is 10.5. The van der Waals surface area contributed by atoms with E-state index in [9.17, 15) is 18.3 Å². The van der Waals surface area contributed by atoms with Crippen molar-refractivity contribution < 1.29 is 23.0 Å². The number of hydrogen-bond acceptors (Lipinski definition) is 7. The van der Waals surface area contributed by atoms with Gasteiger partial charge in [0.25, 0.3) is 0 Å². The van der Waals surface area contributed by atoms with E-state index in [2.05, 4.69) is 25.6 Å². The van der Waals surface area contributed by atoms with Gasteiger partial charge in [-0.25, -0.2) is 15.0 Å². The molecule has 0 saturated carbocycles. The maximum Gasteiger partial charge on any atom is 0.433 e. The highest BCUT2D eigenvalue weighted by molar-refractivity contribution is 5.75. The molecule has 0 saturated heterocycles. The highest BCUT2D eigenvalue weighted by Gasteiger charge is 2.33. The van der Waals surface area contributed by atoms with Crippen LogP contribution in [0.2, 0.25) is 0 Å². The molecule has 2 aromatic heterocycles. The Morgan fingerprint density at radius 3 is 2.82 bits per heavy atom. The zero-order valence-corrected chi connectivity index (χ0v) is 18.0. The molecule has 7 nitrogen and oxygen atoms in total. The van der Waals surface area contributed by atoms with Gasteiger partial charge in [0.2, 0.25) is 0 Å². The lowest BCUT2D eigenvalue weighted by Gasteiger charge is -2.23. The number of rotatable bonds is 7. The number of nitrogens with zero attached hydrogens (tertiary/aromatic N) is 3. The summed E-state index contributed by atoms with van der Waals surface area (Å²) in [7, 11) is 1.51. The molecule has 0 bridgehead atoms. The van der Waals surface area contributed by atoms with E-state index in [1.807, 2.05) is 18.2 Å².